The topological polar surface area (TPSA) is 55.2 Å². The van der Waals surface area contributed by atoms with Gasteiger partial charge in [0.1, 0.15) is 0 Å². The van der Waals surface area contributed by atoms with Crippen LogP contribution in [0, 0.1) is 6.92 Å². The number of aromatic nitrogens is 2. The number of rotatable bonds is 4. The van der Waals surface area contributed by atoms with Crippen LogP contribution in [-0.2, 0) is 11.3 Å². The fourth-order valence-electron chi connectivity index (χ4n) is 3.57. The molecule has 1 aliphatic heterocycles. The molecule has 0 N–H and O–H groups in total. The lowest BCUT2D eigenvalue weighted by atomic mass is 10.2. The normalized spacial score (nSPS) is 14.7. The number of carbonyl (C=O) groups excluding carboxylic acids is 1. The van der Waals surface area contributed by atoms with Crippen molar-refractivity contribution in [3.05, 3.63) is 40.3 Å². The van der Waals surface area contributed by atoms with E-state index in [0.717, 1.165) is 51.8 Å². The van der Waals surface area contributed by atoms with E-state index in [1.165, 1.54) is 4.68 Å². The number of carbonyl (C=O) groups is 1. The largest absolute Gasteiger partial charge is 0.343 e. The van der Waals surface area contributed by atoms with Gasteiger partial charge in [-0.25, -0.2) is 4.68 Å². The summed E-state index contributed by atoms with van der Waals surface area (Å²) in [5, 5.41) is 6.24. The maximum atomic E-state index is 12.9. The standard InChI is InChI=1S/C19H21N3O2S/c1-13-18-17(14-7-2-3-8-15(14)25-18)19(24)22(20-13)12-6-9-16(23)21-10-4-5-11-21/h2-3,7-8H,4-6,9-12H2,1H3. The fourth-order valence-corrected chi connectivity index (χ4v) is 4.70. The number of nitrogens with zero attached hydrogens (tertiary/aromatic N) is 3. The Kier molecular flexibility index (Phi) is 4.29. The molecule has 0 aliphatic carbocycles. The quantitative estimate of drug-likeness (QED) is 0.721. The van der Waals surface area contributed by atoms with E-state index < -0.39 is 0 Å². The minimum atomic E-state index is -0.0494. The Labute approximate surface area is 149 Å². The van der Waals surface area contributed by atoms with Gasteiger partial charge in [0.15, 0.2) is 0 Å². The number of benzene rings is 1. The molecule has 6 heteroatoms. The number of likely N-dealkylation sites (tertiary alicyclic amines) is 1. The van der Waals surface area contributed by atoms with Crippen LogP contribution in [0.2, 0.25) is 0 Å². The lowest BCUT2D eigenvalue weighted by Crippen LogP contribution is -2.28. The van der Waals surface area contributed by atoms with Gasteiger partial charge in [-0.2, -0.15) is 5.10 Å². The van der Waals surface area contributed by atoms with Crippen molar-refractivity contribution in [2.24, 2.45) is 0 Å². The van der Waals surface area contributed by atoms with Crippen LogP contribution >= 0.6 is 11.3 Å². The van der Waals surface area contributed by atoms with E-state index in [-0.39, 0.29) is 11.5 Å². The van der Waals surface area contributed by atoms with E-state index in [4.69, 9.17) is 0 Å². The van der Waals surface area contributed by atoms with Gasteiger partial charge in [-0.15, -0.1) is 11.3 Å². The molecular formula is C19H21N3O2S. The summed E-state index contributed by atoms with van der Waals surface area (Å²) in [7, 11) is 0. The molecular weight excluding hydrogens is 334 g/mol. The van der Waals surface area contributed by atoms with Crippen LogP contribution in [0.1, 0.15) is 31.4 Å². The highest BCUT2D eigenvalue weighted by molar-refractivity contribution is 7.26. The maximum Gasteiger partial charge on any atom is 0.276 e. The first-order valence-electron chi connectivity index (χ1n) is 8.82. The first-order chi connectivity index (χ1) is 12.1. The molecule has 0 unspecified atom stereocenters. The second-order valence-electron chi connectivity index (χ2n) is 6.61. The summed E-state index contributed by atoms with van der Waals surface area (Å²) in [5.74, 6) is 0.198. The van der Waals surface area contributed by atoms with Crippen LogP contribution < -0.4 is 5.56 Å². The van der Waals surface area contributed by atoms with Gasteiger partial charge in [0.25, 0.3) is 5.56 Å². The molecule has 3 heterocycles. The summed E-state index contributed by atoms with van der Waals surface area (Å²) in [4.78, 5) is 27.0. The zero-order valence-electron chi connectivity index (χ0n) is 14.3. The predicted molar refractivity (Wildman–Crippen MR) is 101 cm³/mol. The number of hydrogen-bond donors (Lipinski definition) is 0. The van der Waals surface area contributed by atoms with Gasteiger partial charge < -0.3 is 4.90 Å². The molecule has 1 aliphatic rings. The van der Waals surface area contributed by atoms with Gasteiger partial charge >= 0.3 is 0 Å². The van der Waals surface area contributed by atoms with Gasteiger partial charge in [0, 0.05) is 36.1 Å². The summed E-state index contributed by atoms with van der Waals surface area (Å²) in [6, 6.07) is 7.99. The van der Waals surface area contributed by atoms with Crippen LogP contribution in [-0.4, -0.2) is 33.7 Å². The van der Waals surface area contributed by atoms with Gasteiger partial charge in [0.05, 0.1) is 15.8 Å². The van der Waals surface area contributed by atoms with E-state index in [0.29, 0.717) is 19.4 Å². The lowest BCUT2D eigenvalue weighted by molar-refractivity contribution is -0.130. The van der Waals surface area contributed by atoms with Crippen LogP contribution in [0.15, 0.2) is 29.1 Å². The average Bonchev–Trinajstić information content (AvgIpc) is 3.27. The highest BCUT2D eigenvalue weighted by atomic mass is 32.1. The van der Waals surface area contributed by atoms with Crippen LogP contribution in [0.3, 0.4) is 0 Å². The Morgan fingerprint density at radius 1 is 1.24 bits per heavy atom. The summed E-state index contributed by atoms with van der Waals surface area (Å²) in [6.45, 7) is 4.19. The molecule has 5 nitrogen and oxygen atoms in total. The summed E-state index contributed by atoms with van der Waals surface area (Å²) in [5.41, 5.74) is 0.827. The lowest BCUT2D eigenvalue weighted by Gasteiger charge is -2.15. The Morgan fingerprint density at radius 3 is 2.80 bits per heavy atom. The summed E-state index contributed by atoms with van der Waals surface area (Å²) < 4.78 is 3.62. The minimum absolute atomic E-state index is 0.0494. The summed E-state index contributed by atoms with van der Waals surface area (Å²) in [6.07, 6.45) is 3.34. The predicted octanol–water partition coefficient (Wildman–Crippen LogP) is 3.32. The zero-order chi connectivity index (χ0) is 17.4. The average molecular weight is 355 g/mol. The molecule has 130 valence electrons. The second-order valence-corrected chi connectivity index (χ2v) is 7.66. The Balaban J connectivity index is 1.59. The van der Waals surface area contributed by atoms with Crippen molar-refractivity contribution in [3.63, 3.8) is 0 Å². The third-order valence-electron chi connectivity index (χ3n) is 4.86. The molecule has 0 spiro atoms. The van der Waals surface area contributed by atoms with Crippen molar-refractivity contribution in [3.8, 4) is 0 Å². The fraction of sp³-hybridized carbons (Fsp3) is 0.421. The van der Waals surface area contributed by atoms with Crippen molar-refractivity contribution >= 4 is 37.4 Å². The van der Waals surface area contributed by atoms with Gasteiger partial charge in [-0.3, -0.25) is 9.59 Å². The molecule has 1 amide bonds. The molecule has 1 saturated heterocycles. The number of amides is 1. The number of aryl methyl sites for hydroxylation is 2. The smallest absolute Gasteiger partial charge is 0.276 e. The maximum absolute atomic E-state index is 12.9. The molecule has 2 aromatic heterocycles. The first-order valence-corrected chi connectivity index (χ1v) is 9.63. The molecule has 0 radical (unpaired) electrons. The minimum Gasteiger partial charge on any atom is -0.343 e. The molecule has 0 bridgehead atoms. The van der Waals surface area contributed by atoms with E-state index in [9.17, 15) is 9.59 Å². The van der Waals surface area contributed by atoms with E-state index in [1.54, 1.807) is 11.3 Å². The van der Waals surface area contributed by atoms with Crippen LogP contribution in [0.5, 0.6) is 0 Å². The highest BCUT2D eigenvalue weighted by Gasteiger charge is 2.18. The Bertz CT molecular complexity index is 999. The van der Waals surface area contributed by atoms with Gasteiger partial charge in [-0.1, -0.05) is 18.2 Å². The molecule has 25 heavy (non-hydrogen) atoms. The van der Waals surface area contributed by atoms with Gasteiger partial charge in [0.2, 0.25) is 5.91 Å². The second kappa shape index (κ2) is 6.59. The molecule has 1 fully saturated rings. The first kappa shape index (κ1) is 16.3. The molecule has 3 aromatic rings. The van der Waals surface area contributed by atoms with Crippen molar-refractivity contribution in [2.75, 3.05) is 13.1 Å². The van der Waals surface area contributed by atoms with Crippen molar-refractivity contribution in [1.82, 2.24) is 14.7 Å². The number of hydrogen-bond acceptors (Lipinski definition) is 4. The zero-order valence-corrected chi connectivity index (χ0v) is 15.1. The van der Waals surface area contributed by atoms with E-state index in [1.807, 2.05) is 36.1 Å². The van der Waals surface area contributed by atoms with Crippen LogP contribution in [0.4, 0.5) is 0 Å². The number of thiophene rings is 1. The van der Waals surface area contributed by atoms with Crippen LogP contribution in [0.25, 0.3) is 20.2 Å². The van der Waals surface area contributed by atoms with E-state index in [2.05, 4.69) is 5.10 Å². The third kappa shape index (κ3) is 2.95. The molecule has 4 rings (SSSR count). The highest BCUT2D eigenvalue weighted by Crippen LogP contribution is 2.32. The van der Waals surface area contributed by atoms with Crippen molar-refractivity contribution in [1.29, 1.82) is 0 Å². The molecule has 0 atom stereocenters. The Morgan fingerprint density at radius 2 is 2.00 bits per heavy atom. The van der Waals surface area contributed by atoms with Gasteiger partial charge in [-0.05, 0) is 32.3 Å². The molecule has 1 aromatic carbocycles. The molecule has 0 saturated carbocycles. The third-order valence-corrected chi connectivity index (χ3v) is 6.14. The SMILES string of the molecule is Cc1nn(CCCC(=O)N2CCCC2)c(=O)c2c1sc1ccccc12. The summed E-state index contributed by atoms with van der Waals surface area (Å²) >= 11 is 1.62. The van der Waals surface area contributed by atoms with Crippen molar-refractivity contribution < 1.29 is 4.79 Å². The Hall–Kier alpha value is -2.21. The number of fused-ring (bicyclic) bond motifs is 3. The monoisotopic (exact) mass is 355 g/mol. The van der Waals surface area contributed by atoms with Crippen molar-refractivity contribution in [2.45, 2.75) is 39.2 Å². The van der Waals surface area contributed by atoms with E-state index >= 15 is 0 Å².